The number of hydrogen-bond acceptors (Lipinski definition) is 4. The van der Waals surface area contributed by atoms with Crippen LogP contribution >= 0.6 is 0 Å². The third-order valence-corrected chi connectivity index (χ3v) is 3.68. The fourth-order valence-electron chi connectivity index (χ4n) is 2.50. The van der Waals surface area contributed by atoms with E-state index >= 15 is 0 Å². The zero-order chi connectivity index (χ0) is 17.1. The number of carbonyl (C=O) groups excluding carboxylic acids is 1. The second-order valence-corrected chi connectivity index (χ2v) is 5.40. The monoisotopic (exact) mass is 322 g/mol. The van der Waals surface area contributed by atoms with Gasteiger partial charge in [-0.15, -0.1) is 0 Å². The normalized spacial score (nSPS) is 10.5. The van der Waals surface area contributed by atoms with Gasteiger partial charge < -0.3 is 15.4 Å². The van der Waals surface area contributed by atoms with Crippen molar-refractivity contribution in [2.24, 2.45) is 0 Å². The largest absolute Gasteiger partial charge is 0.467 e. The number of ether oxygens (including phenoxy) is 1. The second-order valence-electron chi connectivity index (χ2n) is 5.40. The molecular formula is C18H18N4O2. The van der Waals surface area contributed by atoms with Crippen LogP contribution in [-0.2, 0) is 0 Å². The number of aryl methyl sites for hydroxylation is 2. The topological polar surface area (TPSA) is 76.1 Å². The summed E-state index contributed by atoms with van der Waals surface area (Å²) in [5.41, 5.74) is 2.59. The highest BCUT2D eigenvalue weighted by atomic mass is 16.5. The van der Waals surface area contributed by atoms with Gasteiger partial charge in [-0.3, -0.25) is 0 Å². The lowest BCUT2D eigenvalue weighted by atomic mass is 10.1. The summed E-state index contributed by atoms with van der Waals surface area (Å²) in [6, 6.07) is 13.7. The molecule has 0 saturated carbocycles. The third kappa shape index (κ3) is 3.27. The lowest BCUT2D eigenvalue weighted by Crippen LogP contribution is -2.21. The maximum atomic E-state index is 12.3. The summed E-state index contributed by atoms with van der Waals surface area (Å²) in [5, 5.41) is 7.81. The van der Waals surface area contributed by atoms with Crippen molar-refractivity contribution in [3.05, 3.63) is 53.9 Å². The third-order valence-electron chi connectivity index (χ3n) is 3.68. The highest BCUT2D eigenvalue weighted by Crippen LogP contribution is 2.21. The SMILES string of the molecule is COc1nc(C)c(NC(=O)Nc2ccc3ccccc3c2)c(C)n1. The van der Waals surface area contributed by atoms with Gasteiger partial charge in [0.2, 0.25) is 0 Å². The van der Waals surface area contributed by atoms with E-state index in [0.29, 0.717) is 17.1 Å². The molecule has 0 bridgehead atoms. The Morgan fingerprint density at radius 1 is 0.958 bits per heavy atom. The molecule has 2 aromatic carbocycles. The molecular weight excluding hydrogens is 304 g/mol. The first kappa shape index (κ1) is 15.7. The summed E-state index contributed by atoms with van der Waals surface area (Å²) in [5.74, 6) is 0. The van der Waals surface area contributed by atoms with E-state index < -0.39 is 0 Å². The van der Waals surface area contributed by atoms with E-state index in [4.69, 9.17) is 4.74 Å². The maximum Gasteiger partial charge on any atom is 0.323 e. The molecule has 122 valence electrons. The van der Waals surface area contributed by atoms with Gasteiger partial charge in [-0.05, 0) is 36.8 Å². The first-order chi connectivity index (χ1) is 11.6. The standard InChI is InChI=1S/C18H18N4O2/c1-11-16(12(2)20-18(19-11)24-3)22-17(23)21-15-9-8-13-6-4-5-7-14(13)10-15/h4-10H,1-3H3,(H2,21,22,23). The van der Waals surface area contributed by atoms with Crippen molar-refractivity contribution in [2.45, 2.75) is 13.8 Å². The minimum Gasteiger partial charge on any atom is -0.467 e. The Hall–Kier alpha value is -3.15. The van der Waals surface area contributed by atoms with E-state index in [1.54, 1.807) is 13.8 Å². The molecule has 1 heterocycles. The van der Waals surface area contributed by atoms with E-state index in [2.05, 4.69) is 20.6 Å². The minimum absolute atomic E-state index is 0.283. The maximum absolute atomic E-state index is 12.3. The number of hydrogen-bond donors (Lipinski definition) is 2. The zero-order valence-corrected chi connectivity index (χ0v) is 13.8. The van der Waals surface area contributed by atoms with Gasteiger partial charge in [0.25, 0.3) is 0 Å². The first-order valence-electron chi connectivity index (χ1n) is 7.53. The summed E-state index contributed by atoms with van der Waals surface area (Å²) in [6.45, 7) is 3.59. The minimum atomic E-state index is -0.342. The van der Waals surface area contributed by atoms with Crippen LogP contribution in [-0.4, -0.2) is 23.1 Å². The number of amides is 2. The number of aromatic nitrogens is 2. The molecule has 24 heavy (non-hydrogen) atoms. The molecule has 1 aromatic heterocycles. The van der Waals surface area contributed by atoms with Crippen molar-refractivity contribution >= 4 is 28.2 Å². The van der Waals surface area contributed by atoms with E-state index in [1.807, 2.05) is 42.5 Å². The van der Waals surface area contributed by atoms with Crippen molar-refractivity contribution in [2.75, 3.05) is 17.7 Å². The molecule has 0 aliphatic carbocycles. The van der Waals surface area contributed by atoms with Crippen LogP contribution in [0.5, 0.6) is 6.01 Å². The average Bonchev–Trinajstić information content (AvgIpc) is 2.57. The Labute approximate surface area is 139 Å². The fourth-order valence-corrected chi connectivity index (χ4v) is 2.50. The van der Waals surface area contributed by atoms with E-state index in [1.165, 1.54) is 7.11 Å². The predicted molar refractivity (Wildman–Crippen MR) is 94.6 cm³/mol. The fraction of sp³-hybridized carbons (Fsp3) is 0.167. The lowest BCUT2D eigenvalue weighted by molar-refractivity contribution is 0.262. The van der Waals surface area contributed by atoms with Crippen LogP contribution in [0.15, 0.2) is 42.5 Å². The van der Waals surface area contributed by atoms with Crippen LogP contribution in [0.3, 0.4) is 0 Å². The van der Waals surface area contributed by atoms with Gasteiger partial charge in [0.1, 0.15) is 0 Å². The molecule has 0 atom stereocenters. The van der Waals surface area contributed by atoms with E-state index in [0.717, 1.165) is 16.5 Å². The van der Waals surface area contributed by atoms with Crippen LogP contribution in [0.25, 0.3) is 10.8 Å². The van der Waals surface area contributed by atoms with Gasteiger partial charge in [-0.1, -0.05) is 30.3 Å². The van der Waals surface area contributed by atoms with Gasteiger partial charge in [0.15, 0.2) is 0 Å². The zero-order valence-electron chi connectivity index (χ0n) is 13.8. The number of nitrogens with one attached hydrogen (secondary N) is 2. The highest BCUT2D eigenvalue weighted by Gasteiger charge is 2.12. The second kappa shape index (κ2) is 6.54. The Morgan fingerprint density at radius 2 is 1.62 bits per heavy atom. The molecule has 0 radical (unpaired) electrons. The van der Waals surface area contributed by atoms with Crippen molar-refractivity contribution in [1.29, 1.82) is 0 Å². The van der Waals surface area contributed by atoms with Gasteiger partial charge >= 0.3 is 12.0 Å². The van der Waals surface area contributed by atoms with Crippen LogP contribution in [0.2, 0.25) is 0 Å². The number of anilines is 2. The van der Waals surface area contributed by atoms with Gasteiger partial charge in [-0.2, -0.15) is 9.97 Å². The molecule has 3 aromatic rings. The van der Waals surface area contributed by atoms with Gasteiger partial charge in [-0.25, -0.2) is 4.79 Å². The number of urea groups is 1. The number of nitrogens with zero attached hydrogens (tertiary/aromatic N) is 2. The Balaban J connectivity index is 1.77. The molecule has 0 aliphatic heterocycles. The molecule has 3 rings (SSSR count). The summed E-state index contributed by atoms with van der Waals surface area (Å²) < 4.78 is 5.02. The van der Waals surface area contributed by atoms with Crippen molar-refractivity contribution < 1.29 is 9.53 Å². The highest BCUT2D eigenvalue weighted by molar-refractivity contribution is 6.01. The Kier molecular flexibility index (Phi) is 4.29. The number of methoxy groups -OCH3 is 1. The molecule has 0 unspecified atom stereocenters. The Morgan fingerprint density at radius 3 is 2.29 bits per heavy atom. The van der Waals surface area contributed by atoms with E-state index in [9.17, 15) is 4.79 Å². The first-order valence-corrected chi connectivity index (χ1v) is 7.53. The van der Waals surface area contributed by atoms with Crippen molar-refractivity contribution in [3.8, 4) is 6.01 Å². The summed E-state index contributed by atoms with van der Waals surface area (Å²) >= 11 is 0. The Bertz CT molecular complexity index is 885. The quantitative estimate of drug-likeness (QED) is 0.767. The van der Waals surface area contributed by atoms with Crippen LogP contribution in [0.4, 0.5) is 16.2 Å². The molecule has 6 heteroatoms. The molecule has 0 spiro atoms. The molecule has 6 nitrogen and oxygen atoms in total. The number of fused-ring (bicyclic) bond motifs is 1. The molecule has 0 fully saturated rings. The predicted octanol–water partition coefficient (Wildman–Crippen LogP) is 3.90. The molecule has 2 amide bonds. The molecule has 0 saturated heterocycles. The molecule has 2 N–H and O–H groups in total. The average molecular weight is 322 g/mol. The number of benzene rings is 2. The van der Waals surface area contributed by atoms with Crippen molar-refractivity contribution in [3.63, 3.8) is 0 Å². The summed E-state index contributed by atoms with van der Waals surface area (Å²) in [7, 11) is 1.51. The van der Waals surface area contributed by atoms with Crippen molar-refractivity contribution in [1.82, 2.24) is 9.97 Å². The van der Waals surface area contributed by atoms with Crippen LogP contribution in [0, 0.1) is 13.8 Å². The van der Waals surface area contributed by atoms with E-state index in [-0.39, 0.29) is 12.0 Å². The lowest BCUT2D eigenvalue weighted by Gasteiger charge is -2.12. The summed E-state index contributed by atoms with van der Waals surface area (Å²) in [4.78, 5) is 20.6. The summed E-state index contributed by atoms with van der Waals surface area (Å²) in [6.07, 6.45) is 0. The number of carbonyl (C=O) groups is 1. The van der Waals surface area contributed by atoms with Gasteiger partial charge in [0, 0.05) is 5.69 Å². The van der Waals surface area contributed by atoms with Crippen LogP contribution in [0.1, 0.15) is 11.4 Å². The molecule has 0 aliphatic rings. The smallest absolute Gasteiger partial charge is 0.323 e. The number of rotatable bonds is 3. The van der Waals surface area contributed by atoms with Gasteiger partial charge in [0.05, 0.1) is 24.2 Å². The van der Waals surface area contributed by atoms with Crippen LogP contribution < -0.4 is 15.4 Å².